The van der Waals surface area contributed by atoms with Gasteiger partial charge in [0.25, 0.3) is 0 Å². The average Bonchev–Trinajstić information content (AvgIpc) is 2.96. The summed E-state index contributed by atoms with van der Waals surface area (Å²) in [6.07, 6.45) is 1.46. The van der Waals surface area contributed by atoms with Gasteiger partial charge >= 0.3 is 0 Å². The predicted octanol–water partition coefficient (Wildman–Crippen LogP) is 4.74. The molecule has 0 amide bonds. The van der Waals surface area contributed by atoms with E-state index in [4.69, 9.17) is 32.8 Å². The highest BCUT2D eigenvalue weighted by atomic mass is 35.5. The highest BCUT2D eigenvalue weighted by Crippen LogP contribution is 2.30. The molecule has 0 bridgehead atoms. The molecule has 0 radical (unpaired) electrons. The first-order chi connectivity index (χ1) is 10.7. The van der Waals surface area contributed by atoms with E-state index in [1.807, 2.05) is 42.5 Å². The van der Waals surface area contributed by atoms with Crippen LogP contribution in [0.15, 0.2) is 47.6 Å². The Morgan fingerprint density at radius 3 is 2.45 bits per heavy atom. The minimum atomic E-state index is -0.00395. The van der Waals surface area contributed by atoms with Gasteiger partial charge in [0.1, 0.15) is 11.9 Å². The molecule has 2 aromatic rings. The summed E-state index contributed by atoms with van der Waals surface area (Å²) in [5, 5.41) is 5.36. The Balaban J connectivity index is 1.69. The van der Waals surface area contributed by atoms with Crippen molar-refractivity contribution in [2.24, 2.45) is 5.16 Å². The standard InChI is InChI=1S/C17H15Cl2NO2/c1-21-12-7-5-11(6-8-12)9-13-10-16(20-22-13)17-14(18)3-2-4-15(17)19/h2-8,13H,9-10H2,1H3/t13-/m1/s1. The maximum Gasteiger partial charge on any atom is 0.137 e. The molecule has 0 aromatic heterocycles. The van der Waals surface area contributed by atoms with Crippen molar-refractivity contribution < 1.29 is 9.57 Å². The van der Waals surface area contributed by atoms with Crippen molar-refractivity contribution in [2.45, 2.75) is 18.9 Å². The van der Waals surface area contributed by atoms with Gasteiger partial charge in [-0.05, 0) is 29.8 Å². The van der Waals surface area contributed by atoms with E-state index in [1.165, 1.54) is 5.56 Å². The van der Waals surface area contributed by atoms with Crippen LogP contribution in [0.2, 0.25) is 10.0 Å². The summed E-state index contributed by atoms with van der Waals surface area (Å²) in [5.74, 6) is 0.843. The maximum absolute atomic E-state index is 6.22. The van der Waals surface area contributed by atoms with Gasteiger partial charge in [0.2, 0.25) is 0 Å². The molecule has 0 fully saturated rings. The van der Waals surface area contributed by atoms with E-state index in [0.717, 1.165) is 23.4 Å². The summed E-state index contributed by atoms with van der Waals surface area (Å²) in [6, 6.07) is 13.4. The molecular formula is C17H15Cl2NO2. The molecule has 0 unspecified atom stereocenters. The first-order valence-corrected chi connectivity index (χ1v) is 7.73. The van der Waals surface area contributed by atoms with Crippen LogP contribution in [-0.4, -0.2) is 18.9 Å². The minimum Gasteiger partial charge on any atom is -0.497 e. The van der Waals surface area contributed by atoms with Gasteiger partial charge in [0.15, 0.2) is 0 Å². The quantitative estimate of drug-likeness (QED) is 0.808. The molecule has 1 aliphatic rings. The van der Waals surface area contributed by atoms with E-state index < -0.39 is 0 Å². The van der Waals surface area contributed by atoms with Gasteiger partial charge in [-0.1, -0.05) is 46.6 Å². The van der Waals surface area contributed by atoms with Crippen molar-refractivity contribution >= 4 is 28.9 Å². The Morgan fingerprint density at radius 2 is 1.82 bits per heavy atom. The van der Waals surface area contributed by atoms with Crippen LogP contribution in [0.25, 0.3) is 0 Å². The van der Waals surface area contributed by atoms with Crippen molar-refractivity contribution in [1.29, 1.82) is 0 Å². The lowest BCUT2D eigenvalue weighted by atomic mass is 10.00. The fourth-order valence-corrected chi connectivity index (χ4v) is 3.10. The van der Waals surface area contributed by atoms with Gasteiger partial charge in [-0.25, -0.2) is 0 Å². The SMILES string of the molecule is COc1ccc(C[C@@H]2CC(c3c(Cl)cccc3Cl)=NO2)cc1. The van der Waals surface area contributed by atoms with Gasteiger partial charge in [0.05, 0.1) is 22.9 Å². The molecule has 22 heavy (non-hydrogen) atoms. The van der Waals surface area contributed by atoms with Crippen LogP contribution in [0.4, 0.5) is 0 Å². The molecule has 0 aliphatic carbocycles. The van der Waals surface area contributed by atoms with Gasteiger partial charge in [-0.15, -0.1) is 0 Å². The van der Waals surface area contributed by atoms with Crippen LogP contribution in [0.5, 0.6) is 5.75 Å². The van der Waals surface area contributed by atoms with Gasteiger partial charge in [0, 0.05) is 18.4 Å². The average molecular weight is 336 g/mol. The summed E-state index contributed by atoms with van der Waals surface area (Å²) in [6.45, 7) is 0. The van der Waals surface area contributed by atoms with Crippen LogP contribution >= 0.6 is 23.2 Å². The monoisotopic (exact) mass is 335 g/mol. The molecule has 1 heterocycles. The van der Waals surface area contributed by atoms with Crippen LogP contribution in [0.3, 0.4) is 0 Å². The maximum atomic E-state index is 6.22. The molecule has 0 saturated heterocycles. The number of ether oxygens (including phenoxy) is 1. The van der Waals surface area contributed by atoms with E-state index in [1.54, 1.807) is 7.11 Å². The minimum absolute atomic E-state index is 0.00395. The third-order valence-corrected chi connectivity index (χ3v) is 4.24. The van der Waals surface area contributed by atoms with Crippen molar-refractivity contribution in [2.75, 3.05) is 7.11 Å². The molecule has 1 aliphatic heterocycles. The summed E-state index contributed by atoms with van der Waals surface area (Å²) in [7, 11) is 1.66. The van der Waals surface area contributed by atoms with Crippen molar-refractivity contribution in [3.05, 3.63) is 63.6 Å². The van der Waals surface area contributed by atoms with Crippen LogP contribution in [0.1, 0.15) is 17.5 Å². The molecule has 5 heteroatoms. The highest BCUT2D eigenvalue weighted by molar-refractivity contribution is 6.40. The number of halogens is 2. The second-order valence-corrected chi connectivity index (χ2v) is 5.93. The lowest BCUT2D eigenvalue weighted by molar-refractivity contribution is 0.0859. The molecule has 3 nitrogen and oxygen atoms in total. The molecule has 0 saturated carbocycles. The Morgan fingerprint density at radius 1 is 1.14 bits per heavy atom. The first-order valence-electron chi connectivity index (χ1n) is 6.97. The Bertz CT molecular complexity index is 678. The normalized spacial score (nSPS) is 17.0. The van der Waals surface area contributed by atoms with E-state index in [-0.39, 0.29) is 6.10 Å². The Labute approximate surface area is 139 Å². The van der Waals surface area contributed by atoms with Crippen molar-refractivity contribution in [3.63, 3.8) is 0 Å². The van der Waals surface area contributed by atoms with Gasteiger partial charge < -0.3 is 9.57 Å². The number of nitrogens with zero attached hydrogens (tertiary/aromatic N) is 1. The number of oxime groups is 1. The number of benzene rings is 2. The zero-order valence-corrected chi connectivity index (χ0v) is 13.6. The third kappa shape index (κ3) is 3.21. The summed E-state index contributed by atoms with van der Waals surface area (Å²) in [4.78, 5) is 5.53. The summed E-state index contributed by atoms with van der Waals surface area (Å²) >= 11 is 12.4. The molecular weight excluding hydrogens is 321 g/mol. The molecule has 0 N–H and O–H groups in total. The zero-order chi connectivity index (χ0) is 15.5. The fraction of sp³-hybridized carbons (Fsp3) is 0.235. The van der Waals surface area contributed by atoms with E-state index in [9.17, 15) is 0 Å². The molecule has 2 aromatic carbocycles. The van der Waals surface area contributed by atoms with E-state index in [2.05, 4.69) is 5.16 Å². The second kappa shape index (κ2) is 6.59. The number of hydrogen-bond donors (Lipinski definition) is 0. The topological polar surface area (TPSA) is 30.8 Å². The number of rotatable bonds is 4. The summed E-state index contributed by atoms with van der Waals surface area (Å²) in [5.41, 5.74) is 2.74. The van der Waals surface area contributed by atoms with E-state index >= 15 is 0 Å². The van der Waals surface area contributed by atoms with Crippen molar-refractivity contribution in [1.82, 2.24) is 0 Å². The predicted molar refractivity (Wildman–Crippen MR) is 89.2 cm³/mol. The Kier molecular flexibility index (Phi) is 4.55. The van der Waals surface area contributed by atoms with Crippen molar-refractivity contribution in [3.8, 4) is 5.75 Å². The molecule has 1 atom stereocenters. The third-order valence-electron chi connectivity index (χ3n) is 3.61. The largest absolute Gasteiger partial charge is 0.497 e. The summed E-state index contributed by atoms with van der Waals surface area (Å²) < 4.78 is 5.16. The molecule has 114 valence electrons. The lowest BCUT2D eigenvalue weighted by Crippen LogP contribution is -2.12. The lowest BCUT2D eigenvalue weighted by Gasteiger charge is -2.09. The highest BCUT2D eigenvalue weighted by Gasteiger charge is 2.25. The Hall–Kier alpha value is -1.71. The van der Waals surface area contributed by atoms with Crippen LogP contribution in [-0.2, 0) is 11.3 Å². The van der Waals surface area contributed by atoms with Gasteiger partial charge in [-0.3, -0.25) is 0 Å². The zero-order valence-electron chi connectivity index (χ0n) is 12.1. The van der Waals surface area contributed by atoms with Gasteiger partial charge in [-0.2, -0.15) is 0 Å². The van der Waals surface area contributed by atoms with E-state index in [0.29, 0.717) is 16.5 Å². The number of methoxy groups -OCH3 is 1. The molecule has 0 spiro atoms. The number of hydrogen-bond acceptors (Lipinski definition) is 3. The first kappa shape index (κ1) is 15.2. The smallest absolute Gasteiger partial charge is 0.137 e. The van der Waals surface area contributed by atoms with Crippen LogP contribution < -0.4 is 4.74 Å². The van der Waals surface area contributed by atoms with Crippen LogP contribution in [0, 0.1) is 0 Å². The molecule has 3 rings (SSSR count). The second-order valence-electron chi connectivity index (χ2n) is 5.12. The fourth-order valence-electron chi connectivity index (χ4n) is 2.48.